The van der Waals surface area contributed by atoms with Crippen molar-refractivity contribution in [2.24, 2.45) is 5.73 Å². The van der Waals surface area contributed by atoms with Crippen LogP contribution in [0.4, 0.5) is 0 Å². The summed E-state index contributed by atoms with van der Waals surface area (Å²) in [6, 6.07) is 8.24. The van der Waals surface area contributed by atoms with Gasteiger partial charge in [0, 0.05) is 12.0 Å². The van der Waals surface area contributed by atoms with Gasteiger partial charge in [0.2, 0.25) is 5.91 Å². The molecular weight excluding hydrogens is 272 g/mol. The molecule has 0 aromatic heterocycles. The first-order valence-corrected chi connectivity index (χ1v) is 7.14. The number of nitrogens with one attached hydrogen (secondary N) is 1. The van der Waals surface area contributed by atoms with Gasteiger partial charge in [0.1, 0.15) is 0 Å². The molecular formula is C16H25ClN2O. The molecule has 0 unspecified atom stereocenters. The van der Waals surface area contributed by atoms with Crippen molar-refractivity contribution in [3.8, 4) is 0 Å². The molecule has 1 aliphatic rings. The first kappa shape index (κ1) is 17.0. The zero-order valence-corrected chi connectivity index (χ0v) is 13.1. The van der Waals surface area contributed by atoms with Crippen LogP contribution in [0.2, 0.25) is 0 Å². The first-order valence-electron chi connectivity index (χ1n) is 7.14. The Bertz CT molecular complexity index is 454. The van der Waals surface area contributed by atoms with Crippen molar-refractivity contribution in [3.63, 3.8) is 0 Å². The number of carbonyl (C=O) groups is 1. The van der Waals surface area contributed by atoms with E-state index in [2.05, 4.69) is 36.5 Å². The van der Waals surface area contributed by atoms with Gasteiger partial charge in [-0.05, 0) is 32.3 Å². The van der Waals surface area contributed by atoms with Crippen LogP contribution in [0.5, 0.6) is 0 Å². The van der Waals surface area contributed by atoms with E-state index in [-0.39, 0.29) is 23.7 Å². The van der Waals surface area contributed by atoms with Crippen LogP contribution in [0.1, 0.15) is 43.7 Å². The average Bonchev–Trinajstić information content (AvgIpc) is 2.86. The number of carbonyl (C=O) groups excluding carboxylic acids is 1. The highest BCUT2D eigenvalue weighted by Gasteiger charge is 2.36. The second-order valence-corrected chi connectivity index (χ2v) is 5.86. The molecule has 2 rings (SSSR count). The third kappa shape index (κ3) is 3.74. The fraction of sp³-hybridized carbons (Fsp3) is 0.562. The lowest BCUT2D eigenvalue weighted by atomic mass is 9.78. The topological polar surface area (TPSA) is 55.1 Å². The molecule has 1 aromatic carbocycles. The molecule has 1 amide bonds. The van der Waals surface area contributed by atoms with Gasteiger partial charge < -0.3 is 11.1 Å². The Balaban J connectivity index is 0.00000200. The van der Waals surface area contributed by atoms with Crippen molar-refractivity contribution < 1.29 is 4.79 Å². The summed E-state index contributed by atoms with van der Waals surface area (Å²) in [6.45, 7) is 4.55. The second-order valence-electron chi connectivity index (χ2n) is 5.86. The van der Waals surface area contributed by atoms with E-state index in [0.717, 1.165) is 12.8 Å². The maximum atomic E-state index is 11.7. The van der Waals surface area contributed by atoms with Gasteiger partial charge in [-0.3, -0.25) is 4.79 Å². The van der Waals surface area contributed by atoms with Crippen molar-refractivity contribution in [1.82, 2.24) is 5.32 Å². The van der Waals surface area contributed by atoms with E-state index in [9.17, 15) is 4.79 Å². The number of hydrogen-bond acceptors (Lipinski definition) is 2. The molecule has 0 spiro atoms. The van der Waals surface area contributed by atoms with E-state index >= 15 is 0 Å². The van der Waals surface area contributed by atoms with Crippen molar-refractivity contribution in [1.29, 1.82) is 0 Å². The Morgan fingerprint density at radius 2 is 2.05 bits per heavy atom. The summed E-state index contributed by atoms with van der Waals surface area (Å²) < 4.78 is 0. The predicted molar refractivity (Wildman–Crippen MR) is 85.2 cm³/mol. The second kappa shape index (κ2) is 7.09. The maximum Gasteiger partial charge on any atom is 0.236 e. The first-order chi connectivity index (χ1) is 9.03. The van der Waals surface area contributed by atoms with Crippen molar-refractivity contribution >= 4 is 18.3 Å². The molecule has 3 N–H and O–H groups in total. The summed E-state index contributed by atoms with van der Waals surface area (Å²) >= 11 is 0. The van der Waals surface area contributed by atoms with Crippen LogP contribution in [0.15, 0.2) is 24.3 Å². The highest BCUT2D eigenvalue weighted by molar-refractivity contribution is 5.85. The fourth-order valence-electron chi connectivity index (χ4n) is 3.01. The zero-order chi connectivity index (χ0) is 13.9. The number of nitrogens with two attached hydrogens (primary N) is 1. The number of benzene rings is 1. The smallest absolute Gasteiger partial charge is 0.236 e. The molecule has 1 atom stereocenters. The molecule has 0 saturated heterocycles. The summed E-state index contributed by atoms with van der Waals surface area (Å²) in [5, 5.41) is 3.02. The minimum atomic E-state index is -0.434. The molecule has 0 heterocycles. The van der Waals surface area contributed by atoms with E-state index in [1.165, 1.54) is 24.0 Å². The predicted octanol–water partition coefficient (Wildman–Crippen LogP) is 2.69. The monoisotopic (exact) mass is 296 g/mol. The summed E-state index contributed by atoms with van der Waals surface area (Å²) in [5.74, 6) is -0.0565. The lowest BCUT2D eigenvalue weighted by molar-refractivity contribution is -0.122. The van der Waals surface area contributed by atoms with Gasteiger partial charge in [0.25, 0.3) is 0 Å². The van der Waals surface area contributed by atoms with Crippen LogP contribution < -0.4 is 11.1 Å². The van der Waals surface area contributed by atoms with Gasteiger partial charge in [0.05, 0.1) is 6.04 Å². The van der Waals surface area contributed by atoms with Gasteiger partial charge in [-0.15, -0.1) is 12.4 Å². The number of amides is 1. The van der Waals surface area contributed by atoms with E-state index in [4.69, 9.17) is 5.73 Å². The van der Waals surface area contributed by atoms with Crippen LogP contribution in [0, 0.1) is 6.92 Å². The van der Waals surface area contributed by atoms with E-state index in [0.29, 0.717) is 6.54 Å². The lowest BCUT2D eigenvalue weighted by Crippen LogP contribution is -2.45. The Morgan fingerprint density at radius 3 is 2.60 bits per heavy atom. The maximum absolute atomic E-state index is 11.7. The molecule has 0 bridgehead atoms. The van der Waals surface area contributed by atoms with E-state index < -0.39 is 6.04 Å². The minimum absolute atomic E-state index is 0. The van der Waals surface area contributed by atoms with Crippen molar-refractivity contribution in [2.75, 3.05) is 6.54 Å². The molecule has 1 aliphatic carbocycles. The standard InChI is InChI=1S/C16H24N2O.ClH/c1-12-6-5-7-14(10-12)16(8-3-4-9-16)11-18-15(19)13(2)17;/h5-7,10,13H,3-4,8-9,11,17H2,1-2H3,(H,18,19);1H/t13-;/m1./s1. The number of rotatable bonds is 4. The molecule has 1 fully saturated rings. The third-order valence-electron chi connectivity index (χ3n) is 4.21. The number of halogens is 1. The zero-order valence-electron chi connectivity index (χ0n) is 12.3. The molecule has 3 nitrogen and oxygen atoms in total. The summed E-state index contributed by atoms with van der Waals surface area (Å²) in [7, 11) is 0. The normalized spacial score (nSPS) is 18.1. The molecule has 1 saturated carbocycles. The van der Waals surface area contributed by atoms with E-state index in [1.807, 2.05) is 0 Å². The number of hydrogen-bond donors (Lipinski definition) is 2. The Labute approximate surface area is 127 Å². The SMILES string of the molecule is Cc1cccc(C2(CNC(=O)[C@@H](C)N)CCCC2)c1.Cl. The number of aryl methyl sites for hydroxylation is 1. The van der Waals surface area contributed by atoms with Gasteiger partial charge in [-0.1, -0.05) is 42.7 Å². The highest BCUT2D eigenvalue weighted by atomic mass is 35.5. The summed E-state index contributed by atoms with van der Waals surface area (Å²) in [6.07, 6.45) is 4.77. The molecule has 0 radical (unpaired) electrons. The van der Waals surface area contributed by atoms with Crippen LogP contribution in [-0.2, 0) is 10.2 Å². The average molecular weight is 297 g/mol. The molecule has 1 aromatic rings. The van der Waals surface area contributed by atoms with Crippen LogP contribution in [0.25, 0.3) is 0 Å². The molecule has 112 valence electrons. The van der Waals surface area contributed by atoms with Crippen LogP contribution in [0.3, 0.4) is 0 Å². The van der Waals surface area contributed by atoms with Crippen molar-refractivity contribution in [3.05, 3.63) is 35.4 Å². The Kier molecular flexibility index (Phi) is 6.03. The third-order valence-corrected chi connectivity index (χ3v) is 4.21. The molecule has 4 heteroatoms. The molecule has 0 aliphatic heterocycles. The van der Waals surface area contributed by atoms with Gasteiger partial charge in [-0.2, -0.15) is 0 Å². The quantitative estimate of drug-likeness (QED) is 0.897. The van der Waals surface area contributed by atoms with Crippen LogP contribution >= 0.6 is 12.4 Å². The largest absolute Gasteiger partial charge is 0.354 e. The minimum Gasteiger partial charge on any atom is -0.354 e. The van der Waals surface area contributed by atoms with Crippen LogP contribution in [-0.4, -0.2) is 18.5 Å². The highest BCUT2D eigenvalue weighted by Crippen LogP contribution is 2.40. The van der Waals surface area contributed by atoms with Gasteiger partial charge >= 0.3 is 0 Å². The van der Waals surface area contributed by atoms with Crippen molar-refractivity contribution in [2.45, 2.75) is 51.0 Å². The van der Waals surface area contributed by atoms with Gasteiger partial charge in [0.15, 0.2) is 0 Å². The Hall–Kier alpha value is -1.06. The van der Waals surface area contributed by atoms with E-state index in [1.54, 1.807) is 6.92 Å². The summed E-state index contributed by atoms with van der Waals surface area (Å²) in [5.41, 5.74) is 8.36. The lowest BCUT2D eigenvalue weighted by Gasteiger charge is -2.30. The Morgan fingerprint density at radius 1 is 1.40 bits per heavy atom. The fourth-order valence-corrected chi connectivity index (χ4v) is 3.01. The summed E-state index contributed by atoms with van der Waals surface area (Å²) in [4.78, 5) is 11.7. The van der Waals surface area contributed by atoms with Gasteiger partial charge in [-0.25, -0.2) is 0 Å². The molecule has 20 heavy (non-hydrogen) atoms.